The summed E-state index contributed by atoms with van der Waals surface area (Å²) in [7, 11) is 0. The molecule has 1 rings (SSSR count). The molecule has 0 N–H and O–H groups in total. The van der Waals surface area contributed by atoms with E-state index in [4.69, 9.17) is 9.47 Å². The molecule has 0 radical (unpaired) electrons. The Morgan fingerprint density at radius 3 is 1.11 bits per heavy atom. The van der Waals surface area contributed by atoms with Crippen molar-refractivity contribution in [3.8, 4) is 0 Å². The van der Waals surface area contributed by atoms with Crippen molar-refractivity contribution in [1.82, 2.24) is 0 Å². The fourth-order valence-corrected chi connectivity index (χ4v) is 7.85. The van der Waals surface area contributed by atoms with Crippen LogP contribution in [0.3, 0.4) is 0 Å². The van der Waals surface area contributed by atoms with Gasteiger partial charge in [-0.2, -0.15) is 0 Å². The normalized spacial score (nSPS) is 19.6. The largest absolute Gasteiger partial charge is 0.347 e. The van der Waals surface area contributed by atoms with Crippen molar-refractivity contribution in [2.45, 2.75) is 265 Å². The third kappa shape index (κ3) is 25.9. The molecule has 46 heavy (non-hydrogen) atoms. The van der Waals surface area contributed by atoms with Gasteiger partial charge in [-0.25, -0.2) is 0 Å². The first-order valence-corrected chi connectivity index (χ1v) is 21.9. The van der Waals surface area contributed by atoms with Crippen LogP contribution in [0.4, 0.5) is 0 Å². The molecule has 0 aromatic heterocycles. The Morgan fingerprint density at radius 1 is 0.435 bits per heavy atom. The molecule has 1 aliphatic rings. The van der Waals surface area contributed by atoms with Crippen LogP contribution >= 0.6 is 0 Å². The van der Waals surface area contributed by atoms with Crippen LogP contribution in [0.25, 0.3) is 0 Å². The van der Waals surface area contributed by atoms with Gasteiger partial charge in [0.1, 0.15) is 0 Å². The summed E-state index contributed by atoms with van der Waals surface area (Å²) in [5.74, 6) is 1.62. The van der Waals surface area contributed by atoms with E-state index < -0.39 is 0 Å². The molecule has 0 aliphatic carbocycles. The molecular formula is C44H88O2. The fourth-order valence-electron chi connectivity index (χ4n) is 7.85. The van der Waals surface area contributed by atoms with Gasteiger partial charge in [0, 0.05) is 12.8 Å². The van der Waals surface area contributed by atoms with Gasteiger partial charge in [0.05, 0.1) is 12.7 Å². The first-order valence-electron chi connectivity index (χ1n) is 21.9. The topological polar surface area (TPSA) is 18.5 Å². The summed E-state index contributed by atoms with van der Waals surface area (Å²) in [6.07, 6.45) is 47.4. The second-order valence-electron chi connectivity index (χ2n) is 16.1. The average Bonchev–Trinajstić information content (AvgIpc) is 3.45. The van der Waals surface area contributed by atoms with E-state index in [1.54, 1.807) is 0 Å². The second kappa shape index (κ2) is 32.1. The molecular weight excluding hydrogens is 560 g/mol. The van der Waals surface area contributed by atoms with Gasteiger partial charge in [0.25, 0.3) is 0 Å². The quantitative estimate of drug-likeness (QED) is 0.0629. The monoisotopic (exact) mass is 649 g/mol. The third-order valence-electron chi connectivity index (χ3n) is 11.1. The number of rotatable bonds is 36. The zero-order valence-electron chi connectivity index (χ0n) is 32.8. The second-order valence-corrected chi connectivity index (χ2v) is 16.1. The summed E-state index contributed by atoms with van der Waals surface area (Å²) in [5, 5.41) is 0. The van der Waals surface area contributed by atoms with E-state index in [9.17, 15) is 0 Å². The van der Waals surface area contributed by atoms with E-state index in [-0.39, 0.29) is 5.79 Å². The highest BCUT2D eigenvalue weighted by Gasteiger charge is 2.39. The minimum absolute atomic E-state index is 0.264. The SMILES string of the molecule is CCCCCCC(C)CCCCCCCCCCCC1(CCCCCCCCCCCC(C)CCCCCC)OCC(CCC)O1. The molecule has 0 saturated carbocycles. The molecule has 0 spiro atoms. The van der Waals surface area contributed by atoms with Crippen LogP contribution in [-0.4, -0.2) is 18.5 Å². The Bertz CT molecular complexity index is 563. The fraction of sp³-hybridized carbons (Fsp3) is 1.00. The van der Waals surface area contributed by atoms with Gasteiger partial charge in [-0.1, -0.05) is 221 Å². The van der Waals surface area contributed by atoms with Crippen molar-refractivity contribution < 1.29 is 9.47 Å². The molecule has 0 aromatic carbocycles. The predicted octanol–water partition coefficient (Wildman–Crippen LogP) is 15.7. The van der Waals surface area contributed by atoms with Crippen molar-refractivity contribution in [3.05, 3.63) is 0 Å². The average molecular weight is 649 g/mol. The Hall–Kier alpha value is -0.0800. The van der Waals surface area contributed by atoms with Crippen molar-refractivity contribution in [2.75, 3.05) is 6.61 Å². The number of hydrogen-bond donors (Lipinski definition) is 0. The zero-order valence-corrected chi connectivity index (χ0v) is 32.8. The van der Waals surface area contributed by atoms with Gasteiger partial charge in [0.2, 0.25) is 0 Å². The number of unbranched alkanes of at least 4 members (excludes halogenated alkanes) is 22. The van der Waals surface area contributed by atoms with Crippen LogP contribution in [0, 0.1) is 11.8 Å². The van der Waals surface area contributed by atoms with Gasteiger partial charge in [-0.05, 0) is 31.1 Å². The molecule has 1 fully saturated rings. The Balaban J connectivity index is 2.04. The zero-order chi connectivity index (χ0) is 33.4. The van der Waals surface area contributed by atoms with Crippen LogP contribution in [0.5, 0.6) is 0 Å². The molecule has 2 nitrogen and oxygen atoms in total. The van der Waals surface area contributed by atoms with Crippen LogP contribution < -0.4 is 0 Å². The number of ether oxygens (including phenoxy) is 2. The lowest BCUT2D eigenvalue weighted by Gasteiger charge is -2.28. The van der Waals surface area contributed by atoms with Gasteiger partial charge in [-0.15, -0.1) is 0 Å². The highest BCUT2D eigenvalue weighted by atomic mass is 16.7. The first kappa shape index (κ1) is 43.9. The molecule has 276 valence electrons. The summed E-state index contributed by atoms with van der Waals surface area (Å²) in [6.45, 7) is 12.7. The Morgan fingerprint density at radius 2 is 0.761 bits per heavy atom. The molecule has 0 aromatic rings. The summed E-state index contributed by atoms with van der Waals surface area (Å²) in [5.41, 5.74) is 0. The van der Waals surface area contributed by atoms with Crippen LogP contribution in [0.2, 0.25) is 0 Å². The molecule has 1 aliphatic heterocycles. The minimum Gasteiger partial charge on any atom is -0.347 e. The summed E-state index contributed by atoms with van der Waals surface area (Å²) < 4.78 is 13.1. The van der Waals surface area contributed by atoms with E-state index in [1.807, 2.05) is 0 Å². The van der Waals surface area contributed by atoms with E-state index in [1.165, 1.54) is 199 Å². The molecule has 3 unspecified atom stereocenters. The maximum atomic E-state index is 6.63. The molecule has 0 bridgehead atoms. The smallest absolute Gasteiger partial charge is 0.168 e. The third-order valence-corrected chi connectivity index (χ3v) is 11.1. The molecule has 0 amide bonds. The van der Waals surface area contributed by atoms with E-state index in [0.717, 1.165) is 37.7 Å². The predicted molar refractivity (Wildman–Crippen MR) is 206 cm³/mol. The Kier molecular flexibility index (Phi) is 30.7. The lowest BCUT2D eigenvalue weighted by molar-refractivity contribution is -0.180. The standard InChI is InChI=1S/C44H88O2/c1-6-9-11-27-34-41(4)36-29-23-19-15-13-17-21-25-31-38-44(45-40-43(46-44)33-8-3)39-32-26-22-18-14-16-20-24-30-37-42(5)35-28-12-10-7-2/h41-43H,6-40H2,1-5H3. The molecule has 1 heterocycles. The lowest BCUT2D eigenvalue weighted by atomic mass is 9.96. The molecule has 2 heteroatoms. The number of hydrogen-bond acceptors (Lipinski definition) is 2. The summed E-state index contributed by atoms with van der Waals surface area (Å²) in [6, 6.07) is 0. The maximum Gasteiger partial charge on any atom is 0.168 e. The minimum atomic E-state index is -0.264. The molecule has 1 saturated heterocycles. The van der Waals surface area contributed by atoms with E-state index in [0.29, 0.717) is 6.10 Å². The Labute approximate surface area is 292 Å². The van der Waals surface area contributed by atoms with Crippen molar-refractivity contribution in [1.29, 1.82) is 0 Å². The van der Waals surface area contributed by atoms with Crippen molar-refractivity contribution in [2.24, 2.45) is 11.8 Å². The van der Waals surface area contributed by atoms with E-state index >= 15 is 0 Å². The van der Waals surface area contributed by atoms with Gasteiger partial charge < -0.3 is 9.47 Å². The maximum absolute atomic E-state index is 6.63. The van der Waals surface area contributed by atoms with Crippen molar-refractivity contribution in [3.63, 3.8) is 0 Å². The highest BCUT2D eigenvalue weighted by molar-refractivity contribution is 4.79. The van der Waals surface area contributed by atoms with Crippen LogP contribution in [0.1, 0.15) is 253 Å². The molecule has 3 atom stereocenters. The lowest BCUT2D eigenvalue weighted by Crippen LogP contribution is -2.31. The van der Waals surface area contributed by atoms with Crippen LogP contribution in [0.15, 0.2) is 0 Å². The summed E-state index contributed by atoms with van der Waals surface area (Å²) in [4.78, 5) is 0. The van der Waals surface area contributed by atoms with Gasteiger partial charge >= 0.3 is 0 Å². The van der Waals surface area contributed by atoms with Crippen molar-refractivity contribution >= 4 is 0 Å². The first-order chi connectivity index (χ1) is 22.5. The van der Waals surface area contributed by atoms with Crippen LogP contribution in [-0.2, 0) is 9.47 Å². The van der Waals surface area contributed by atoms with E-state index in [2.05, 4.69) is 34.6 Å². The van der Waals surface area contributed by atoms with Gasteiger partial charge in [-0.3, -0.25) is 0 Å². The highest BCUT2D eigenvalue weighted by Crippen LogP contribution is 2.36. The summed E-state index contributed by atoms with van der Waals surface area (Å²) >= 11 is 0. The van der Waals surface area contributed by atoms with Gasteiger partial charge in [0.15, 0.2) is 5.79 Å².